The second-order valence-electron chi connectivity index (χ2n) is 8.13. The van der Waals surface area contributed by atoms with E-state index in [1.807, 2.05) is 12.1 Å². The first-order valence-corrected chi connectivity index (χ1v) is 10.4. The van der Waals surface area contributed by atoms with E-state index in [1.165, 1.54) is 11.6 Å². The largest absolute Gasteiger partial charge is 0.324 e. The van der Waals surface area contributed by atoms with Gasteiger partial charge in [-0.3, -0.25) is 4.90 Å². The van der Waals surface area contributed by atoms with Crippen molar-refractivity contribution in [1.82, 2.24) is 19.8 Å². The minimum absolute atomic E-state index is 0.204. The summed E-state index contributed by atoms with van der Waals surface area (Å²) in [6, 6.07) is 16.5. The van der Waals surface area contributed by atoms with E-state index < -0.39 is 0 Å². The third kappa shape index (κ3) is 3.33. The van der Waals surface area contributed by atoms with Crippen LogP contribution in [0.1, 0.15) is 42.6 Å². The number of halogens is 1. The van der Waals surface area contributed by atoms with Crippen LogP contribution in [-0.4, -0.2) is 40.6 Å². The van der Waals surface area contributed by atoms with Gasteiger partial charge in [-0.05, 0) is 43.5 Å². The molecule has 1 aromatic heterocycles. The minimum atomic E-state index is -0.204. The summed E-state index contributed by atoms with van der Waals surface area (Å²) in [7, 11) is 0. The molecule has 1 atom stereocenters. The molecule has 28 heavy (non-hydrogen) atoms. The van der Waals surface area contributed by atoms with Crippen molar-refractivity contribution in [2.75, 3.05) is 26.2 Å². The topological polar surface area (TPSA) is 33.1 Å². The summed E-state index contributed by atoms with van der Waals surface area (Å²) in [6.45, 7) is 5.10. The maximum absolute atomic E-state index is 14.4. The predicted molar refractivity (Wildman–Crippen MR) is 110 cm³/mol. The molecule has 5 rings (SSSR count). The van der Waals surface area contributed by atoms with E-state index in [0.717, 1.165) is 63.3 Å². The molecule has 2 aliphatic heterocycles. The van der Waals surface area contributed by atoms with Crippen molar-refractivity contribution in [3.8, 4) is 0 Å². The van der Waals surface area contributed by atoms with Crippen molar-refractivity contribution in [3.63, 3.8) is 0 Å². The van der Waals surface area contributed by atoms with Crippen molar-refractivity contribution in [2.24, 2.45) is 0 Å². The molecule has 146 valence electrons. The Morgan fingerprint density at radius 2 is 1.82 bits per heavy atom. The van der Waals surface area contributed by atoms with Crippen LogP contribution in [0.2, 0.25) is 0 Å². The lowest BCUT2D eigenvalue weighted by molar-refractivity contribution is 0.179. The van der Waals surface area contributed by atoms with Crippen LogP contribution in [-0.2, 0) is 6.54 Å². The molecule has 2 saturated heterocycles. The Kier molecular flexibility index (Phi) is 4.87. The molecule has 1 N–H and O–H groups in total. The maximum atomic E-state index is 14.4. The summed E-state index contributed by atoms with van der Waals surface area (Å²) in [4.78, 5) is 7.32. The van der Waals surface area contributed by atoms with E-state index >= 15 is 0 Å². The lowest BCUT2D eigenvalue weighted by atomic mass is 10.0. The summed E-state index contributed by atoms with van der Waals surface area (Å²) in [5.41, 5.74) is 2.87. The lowest BCUT2D eigenvalue weighted by Gasteiger charge is -2.34. The van der Waals surface area contributed by atoms with Gasteiger partial charge in [0.05, 0.1) is 5.52 Å². The molecule has 2 aliphatic rings. The first-order valence-electron chi connectivity index (χ1n) is 10.4. The number of hydrogen-bond donors (Lipinski definition) is 1. The van der Waals surface area contributed by atoms with Crippen molar-refractivity contribution < 1.29 is 4.39 Å². The fourth-order valence-electron chi connectivity index (χ4n) is 4.82. The van der Waals surface area contributed by atoms with Crippen LogP contribution in [0.5, 0.6) is 0 Å². The van der Waals surface area contributed by atoms with E-state index in [-0.39, 0.29) is 5.82 Å². The SMILES string of the molecule is Fc1cccc2c1nc([C@@H]1CCNC1)n2C1CCN(Cc2ccccc2)CC1. The average molecular weight is 378 g/mol. The van der Waals surface area contributed by atoms with Crippen molar-refractivity contribution >= 4 is 11.0 Å². The smallest absolute Gasteiger partial charge is 0.151 e. The normalized spacial score (nSPS) is 21.5. The van der Waals surface area contributed by atoms with Crippen LogP contribution in [0.3, 0.4) is 0 Å². The molecular weight excluding hydrogens is 351 g/mol. The molecule has 3 heterocycles. The number of imidazole rings is 1. The fraction of sp³-hybridized carbons (Fsp3) is 0.435. The first-order chi connectivity index (χ1) is 13.8. The van der Waals surface area contributed by atoms with Crippen LogP contribution in [0.15, 0.2) is 48.5 Å². The number of para-hydroxylation sites is 1. The quantitative estimate of drug-likeness (QED) is 0.742. The third-order valence-electron chi connectivity index (χ3n) is 6.29. The predicted octanol–water partition coefficient (Wildman–Crippen LogP) is 4.09. The zero-order chi connectivity index (χ0) is 18.9. The molecule has 0 radical (unpaired) electrons. The lowest BCUT2D eigenvalue weighted by Crippen LogP contribution is -2.34. The highest BCUT2D eigenvalue weighted by atomic mass is 19.1. The molecule has 5 heteroatoms. The number of nitrogens with zero attached hydrogens (tertiary/aromatic N) is 3. The first kappa shape index (κ1) is 17.8. The number of rotatable bonds is 4. The molecule has 4 nitrogen and oxygen atoms in total. The van der Waals surface area contributed by atoms with Gasteiger partial charge in [-0.1, -0.05) is 36.4 Å². The van der Waals surface area contributed by atoms with E-state index in [2.05, 4.69) is 45.1 Å². The van der Waals surface area contributed by atoms with Crippen LogP contribution in [0.25, 0.3) is 11.0 Å². The highest BCUT2D eigenvalue weighted by Crippen LogP contribution is 2.34. The van der Waals surface area contributed by atoms with Gasteiger partial charge in [0.2, 0.25) is 0 Å². The summed E-state index contributed by atoms with van der Waals surface area (Å²) in [5.74, 6) is 1.26. The van der Waals surface area contributed by atoms with Gasteiger partial charge in [-0.2, -0.15) is 0 Å². The molecule has 0 saturated carbocycles. The van der Waals surface area contributed by atoms with Gasteiger partial charge in [0.1, 0.15) is 11.3 Å². The number of benzene rings is 2. The summed E-state index contributed by atoms with van der Waals surface area (Å²) in [5, 5.41) is 3.44. The van der Waals surface area contributed by atoms with Crippen LogP contribution >= 0.6 is 0 Å². The molecule has 0 amide bonds. The number of aromatic nitrogens is 2. The zero-order valence-electron chi connectivity index (χ0n) is 16.1. The molecule has 0 spiro atoms. The standard InChI is InChI=1S/C23H27FN4/c24-20-7-4-8-21-22(20)26-23(18-9-12-25-15-18)28(21)19-10-13-27(14-11-19)16-17-5-2-1-3-6-17/h1-8,18-19,25H,9-16H2/t18-/m1/s1. The Morgan fingerprint density at radius 3 is 2.57 bits per heavy atom. The summed E-state index contributed by atoms with van der Waals surface area (Å²) < 4.78 is 16.8. The van der Waals surface area contributed by atoms with Crippen molar-refractivity contribution in [1.29, 1.82) is 0 Å². The highest BCUT2D eigenvalue weighted by Gasteiger charge is 2.29. The molecule has 0 aliphatic carbocycles. The molecule has 3 aromatic rings. The van der Waals surface area contributed by atoms with Gasteiger partial charge in [0, 0.05) is 38.1 Å². The van der Waals surface area contributed by atoms with Crippen LogP contribution in [0, 0.1) is 5.82 Å². The van der Waals surface area contributed by atoms with E-state index in [1.54, 1.807) is 0 Å². The van der Waals surface area contributed by atoms with Gasteiger partial charge in [-0.25, -0.2) is 9.37 Å². The average Bonchev–Trinajstić information content (AvgIpc) is 3.38. The van der Waals surface area contributed by atoms with E-state index in [9.17, 15) is 4.39 Å². The number of piperidine rings is 1. The van der Waals surface area contributed by atoms with E-state index in [4.69, 9.17) is 4.98 Å². The highest BCUT2D eigenvalue weighted by molar-refractivity contribution is 5.77. The molecule has 0 unspecified atom stereocenters. The molecule has 2 aromatic carbocycles. The fourth-order valence-corrected chi connectivity index (χ4v) is 4.82. The van der Waals surface area contributed by atoms with Gasteiger partial charge >= 0.3 is 0 Å². The van der Waals surface area contributed by atoms with Gasteiger partial charge in [0.25, 0.3) is 0 Å². The zero-order valence-corrected chi connectivity index (χ0v) is 16.1. The van der Waals surface area contributed by atoms with Crippen molar-refractivity contribution in [2.45, 2.75) is 37.8 Å². The number of fused-ring (bicyclic) bond motifs is 1. The van der Waals surface area contributed by atoms with Gasteiger partial charge in [0.15, 0.2) is 5.82 Å². The maximum Gasteiger partial charge on any atom is 0.151 e. The monoisotopic (exact) mass is 378 g/mol. The minimum Gasteiger partial charge on any atom is -0.324 e. The summed E-state index contributed by atoms with van der Waals surface area (Å²) in [6.07, 6.45) is 3.25. The third-order valence-corrected chi connectivity index (χ3v) is 6.29. The van der Waals surface area contributed by atoms with Crippen molar-refractivity contribution in [3.05, 3.63) is 65.7 Å². The Balaban J connectivity index is 1.40. The van der Waals surface area contributed by atoms with Gasteiger partial charge < -0.3 is 9.88 Å². The number of hydrogen-bond acceptors (Lipinski definition) is 3. The Labute approximate surface area is 165 Å². The molecule has 2 fully saturated rings. The van der Waals surface area contributed by atoms with Crippen LogP contribution < -0.4 is 5.32 Å². The number of likely N-dealkylation sites (tertiary alicyclic amines) is 1. The van der Waals surface area contributed by atoms with Gasteiger partial charge in [-0.15, -0.1) is 0 Å². The van der Waals surface area contributed by atoms with E-state index in [0.29, 0.717) is 17.5 Å². The second kappa shape index (κ2) is 7.64. The Morgan fingerprint density at radius 1 is 1.00 bits per heavy atom. The molecular formula is C23H27FN4. The van der Waals surface area contributed by atoms with Crippen LogP contribution in [0.4, 0.5) is 4.39 Å². The Hall–Kier alpha value is -2.24. The Bertz CT molecular complexity index is 938. The summed E-state index contributed by atoms with van der Waals surface area (Å²) >= 11 is 0. The number of nitrogens with one attached hydrogen (secondary N) is 1. The second-order valence-corrected chi connectivity index (χ2v) is 8.13. The molecule has 0 bridgehead atoms.